The molecule has 7 heteroatoms. The maximum Gasteiger partial charge on any atom is 0.201 e. The van der Waals surface area contributed by atoms with Gasteiger partial charge in [0.1, 0.15) is 6.33 Å². The fraction of sp³-hybridized carbons (Fsp3) is 0.111. The lowest BCUT2D eigenvalue weighted by atomic mass is 10.4. The Labute approximate surface area is 111 Å². The number of rotatable bonds is 3. The van der Waals surface area contributed by atoms with Crippen LogP contribution in [0.15, 0.2) is 34.6 Å². The topological polar surface area (TPSA) is 30.7 Å². The zero-order valence-corrected chi connectivity index (χ0v) is 11.4. The van der Waals surface area contributed by atoms with E-state index in [4.69, 9.17) is 23.2 Å². The third kappa shape index (κ3) is 2.85. The predicted molar refractivity (Wildman–Crippen MR) is 69.2 cm³/mol. The predicted octanol–water partition coefficient (Wildman–Crippen LogP) is 3.92. The third-order valence-corrected chi connectivity index (χ3v) is 4.84. The molecule has 16 heavy (non-hydrogen) atoms. The van der Waals surface area contributed by atoms with Gasteiger partial charge < -0.3 is 4.57 Å². The molecule has 1 heterocycles. The van der Waals surface area contributed by atoms with Crippen LogP contribution in [0.1, 0.15) is 0 Å². The lowest BCUT2D eigenvalue weighted by molar-refractivity contribution is 0.792. The zero-order valence-electron chi connectivity index (χ0n) is 8.22. The Kier molecular flexibility index (Phi) is 4.02. The lowest BCUT2D eigenvalue weighted by Gasteiger charge is -2.01. The second-order valence-electron chi connectivity index (χ2n) is 2.97. The first-order valence-electron chi connectivity index (χ1n) is 4.30. The summed E-state index contributed by atoms with van der Waals surface area (Å²) < 4.78 is 1.86. The van der Waals surface area contributed by atoms with Gasteiger partial charge in [0.2, 0.25) is 5.16 Å². The number of aryl methyl sites for hydroxylation is 1. The van der Waals surface area contributed by atoms with Crippen molar-refractivity contribution in [1.82, 2.24) is 14.8 Å². The standard InChI is InChI=1S/C9H7Cl2N3S2/c1-14-5-12-13-9(14)16-15-6-2-3-7(10)8(11)4-6/h2-5H,1H3. The van der Waals surface area contributed by atoms with Crippen LogP contribution < -0.4 is 0 Å². The monoisotopic (exact) mass is 291 g/mol. The average molecular weight is 292 g/mol. The molecule has 0 N–H and O–H groups in total. The quantitative estimate of drug-likeness (QED) is 0.802. The summed E-state index contributed by atoms with van der Waals surface area (Å²) in [6.07, 6.45) is 1.66. The van der Waals surface area contributed by atoms with Crippen LogP contribution in [0.25, 0.3) is 0 Å². The molecule has 84 valence electrons. The summed E-state index contributed by atoms with van der Waals surface area (Å²) in [7, 11) is 4.99. The van der Waals surface area contributed by atoms with E-state index in [9.17, 15) is 0 Å². The Bertz CT molecular complexity index is 501. The van der Waals surface area contributed by atoms with Crippen molar-refractivity contribution in [3.63, 3.8) is 0 Å². The van der Waals surface area contributed by atoms with Gasteiger partial charge in [0.15, 0.2) is 0 Å². The van der Waals surface area contributed by atoms with Gasteiger partial charge >= 0.3 is 0 Å². The second-order valence-corrected chi connectivity index (χ2v) is 5.95. The van der Waals surface area contributed by atoms with Crippen molar-refractivity contribution in [3.8, 4) is 0 Å². The lowest BCUT2D eigenvalue weighted by Crippen LogP contribution is -1.86. The Morgan fingerprint density at radius 3 is 2.62 bits per heavy atom. The van der Waals surface area contributed by atoms with Crippen LogP contribution in [0.3, 0.4) is 0 Å². The summed E-state index contributed by atoms with van der Waals surface area (Å²) in [5.41, 5.74) is 0. The minimum Gasteiger partial charge on any atom is -0.311 e. The Morgan fingerprint density at radius 1 is 1.19 bits per heavy atom. The molecular weight excluding hydrogens is 285 g/mol. The highest BCUT2D eigenvalue weighted by Gasteiger charge is 2.05. The van der Waals surface area contributed by atoms with Crippen molar-refractivity contribution in [2.75, 3.05) is 0 Å². The molecule has 0 atom stereocenters. The molecular formula is C9H7Cl2N3S2. The maximum absolute atomic E-state index is 5.92. The van der Waals surface area contributed by atoms with Gasteiger partial charge in [-0.25, -0.2) is 0 Å². The van der Waals surface area contributed by atoms with Crippen LogP contribution in [-0.2, 0) is 7.05 Å². The molecule has 0 spiro atoms. The van der Waals surface area contributed by atoms with Crippen molar-refractivity contribution in [3.05, 3.63) is 34.6 Å². The van der Waals surface area contributed by atoms with Crippen molar-refractivity contribution in [2.24, 2.45) is 7.05 Å². The van der Waals surface area contributed by atoms with Gasteiger partial charge in [0.05, 0.1) is 10.0 Å². The van der Waals surface area contributed by atoms with Crippen molar-refractivity contribution >= 4 is 44.8 Å². The van der Waals surface area contributed by atoms with E-state index in [1.807, 2.05) is 23.7 Å². The van der Waals surface area contributed by atoms with E-state index < -0.39 is 0 Å². The molecule has 2 aromatic rings. The molecule has 1 aromatic heterocycles. The molecule has 0 fully saturated rings. The molecule has 3 nitrogen and oxygen atoms in total. The smallest absolute Gasteiger partial charge is 0.201 e. The van der Waals surface area contributed by atoms with Gasteiger partial charge in [0.25, 0.3) is 0 Å². The van der Waals surface area contributed by atoms with Crippen LogP contribution in [0.4, 0.5) is 0 Å². The fourth-order valence-electron chi connectivity index (χ4n) is 0.962. The zero-order chi connectivity index (χ0) is 11.5. The highest BCUT2D eigenvalue weighted by atomic mass is 35.5. The summed E-state index contributed by atoms with van der Waals surface area (Å²) in [4.78, 5) is 1.03. The number of hydrogen-bond donors (Lipinski definition) is 0. The SMILES string of the molecule is Cn1cnnc1SSc1ccc(Cl)c(Cl)c1. The number of aromatic nitrogens is 3. The largest absolute Gasteiger partial charge is 0.311 e. The summed E-state index contributed by atoms with van der Waals surface area (Å²) >= 11 is 11.7. The van der Waals surface area contributed by atoms with Crippen LogP contribution in [0.5, 0.6) is 0 Å². The molecule has 0 radical (unpaired) electrons. The molecule has 0 aliphatic carbocycles. The van der Waals surface area contributed by atoms with Crippen LogP contribution >= 0.6 is 44.8 Å². The molecule has 0 unspecified atom stereocenters. The summed E-state index contributed by atoms with van der Waals surface area (Å²) in [5, 5.41) is 9.73. The fourth-order valence-corrected chi connectivity index (χ4v) is 3.31. The summed E-state index contributed by atoms with van der Waals surface area (Å²) in [6.45, 7) is 0. The molecule has 0 bridgehead atoms. The van der Waals surface area contributed by atoms with E-state index in [1.54, 1.807) is 23.2 Å². The van der Waals surface area contributed by atoms with E-state index in [1.165, 1.54) is 10.8 Å². The first-order chi connectivity index (χ1) is 7.66. The van der Waals surface area contributed by atoms with Gasteiger partial charge in [-0.2, -0.15) is 0 Å². The Balaban J connectivity index is 2.05. The van der Waals surface area contributed by atoms with Gasteiger partial charge in [-0.15, -0.1) is 10.2 Å². The molecule has 2 rings (SSSR count). The third-order valence-electron chi connectivity index (χ3n) is 1.77. The van der Waals surface area contributed by atoms with Gasteiger partial charge in [0, 0.05) is 11.9 Å². The molecule has 0 saturated heterocycles. The first kappa shape index (κ1) is 12.1. The molecule has 0 aliphatic rings. The minimum atomic E-state index is 0.560. The van der Waals surface area contributed by atoms with Crippen LogP contribution in [-0.4, -0.2) is 14.8 Å². The minimum absolute atomic E-state index is 0.560. The number of halogens is 2. The number of hydrogen-bond acceptors (Lipinski definition) is 4. The highest BCUT2D eigenvalue weighted by Crippen LogP contribution is 2.38. The average Bonchev–Trinajstić information content (AvgIpc) is 2.66. The van der Waals surface area contributed by atoms with E-state index in [0.717, 1.165) is 10.1 Å². The van der Waals surface area contributed by atoms with E-state index >= 15 is 0 Å². The van der Waals surface area contributed by atoms with Crippen molar-refractivity contribution in [1.29, 1.82) is 0 Å². The second kappa shape index (κ2) is 5.31. The normalized spacial score (nSPS) is 10.7. The van der Waals surface area contributed by atoms with Crippen LogP contribution in [0.2, 0.25) is 10.0 Å². The maximum atomic E-state index is 5.92. The van der Waals surface area contributed by atoms with Gasteiger partial charge in [-0.05, 0) is 39.8 Å². The van der Waals surface area contributed by atoms with Gasteiger partial charge in [-0.1, -0.05) is 23.2 Å². The Morgan fingerprint density at radius 2 is 2.00 bits per heavy atom. The molecule has 0 amide bonds. The van der Waals surface area contributed by atoms with Gasteiger partial charge in [-0.3, -0.25) is 0 Å². The first-order valence-corrected chi connectivity index (χ1v) is 7.21. The number of nitrogens with zero attached hydrogens (tertiary/aromatic N) is 3. The Hall–Kier alpha value is -0.360. The van der Waals surface area contributed by atoms with E-state index in [-0.39, 0.29) is 0 Å². The van der Waals surface area contributed by atoms with Crippen molar-refractivity contribution in [2.45, 2.75) is 10.1 Å². The molecule has 0 aliphatic heterocycles. The van der Waals surface area contributed by atoms with Crippen molar-refractivity contribution < 1.29 is 0 Å². The summed E-state index contributed by atoms with van der Waals surface area (Å²) in [5.74, 6) is 0. The number of benzene rings is 1. The summed E-state index contributed by atoms with van der Waals surface area (Å²) in [6, 6.07) is 5.53. The molecule has 0 saturated carbocycles. The van der Waals surface area contributed by atoms with E-state index in [0.29, 0.717) is 10.0 Å². The van der Waals surface area contributed by atoms with Crippen LogP contribution in [0, 0.1) is 0 Å². The van der Waals surface area contributed by atoms with E-state index in [2.05, 4.69) is 10.2 Å². The highest BCUT2D eigenvalue weighted by molar-refractivity contribution is 8.76. The molecule has 1 aromatic carbocycles.